The first kappa shape index (κ1) is 26.6. The molecule has 10 heteroatoms. The second kappa shape index (κ2) is 13.8. The van der Waals surface area contributed by atoms with Crippen molar-refractivity contribution < 1.29 is 29.6 Å². The number of aliphatic hydroxyl groups excluding tert-OH is 3. The van der Waals surface area contributed by atoms with Crippen LogP contribution in [0.25, 0.3) is 0 Å². The zero-order valence-corrected chi connectivity index (χ0v) is 19.6. The Hall–Kier alpha value is -0.680. The molecule has 0 bridgehead atoms. The Morgan fingerprint density at radius 3 is 2.16 bits per heavy atom. The third kappa shape index (κ3) is 7.15. The number of nitrogens with zero attached hydrogens (tertiary/aromatic N) is 2. The van der Waals surface area contributed by atoms with Crippen LogP contribution in [-0.4, -0.2) is 103 Å². The number of alkyl halides is 2. The Balaban J connectivity index is 1.93. The van der Waals surface area contributed by atoms with Crippen LogP contribution in [0.15, 0.2) is 24.3 Å². The smallest absolute Gasteiger partial charge is 0.162 e. The van der Waals surface area contributed by atoms with Crippen LogP contribution >= 0.6 is 23.2 Å². The Morgan fingerprint density at radius 2 is 1.65 bits per heavy atom. The summed E-state index contributed by atoms with van der Waals surface area (Å²) in [6.45, 7) is 1.58. The van der Waals surface area contributed by atoms with E-state index in [0.717, 1.165) is 31.6 Å². The largest absolute Gasteiger partial charge is 0.394 e. The summed E-state index contributed by atoms with van der Waals surface area (Å²) in [7, 11) is 2.89. The highest BCUT2D eigenvalue weighted by Gasteiger charge is 2.47. The summed E-state index contributed by atoms with van der Waals surface area (Å²) in [4.78, 5) is 7.57. The molecule has 2 rings (SSSR count). The summed E-state index contributed by atoms with van der Waals surface area (Å²) in [5.41, 5.74) is 2.25. The number of methoxy groups -OCH3 is 1. The van der Waals surface area contributed by atoms with Gasteiger partial charge in [0.2, 0.25) is 0 Å². The van der Waals surface area contributed by atoms with Crippen LogP contribution in [0.2, 0.25) is 0 Å². The van der Waals surface area contributed by atoms with Crippen molar-refractivity contribution in [2.45, 2.75) is 43.5 Å². The summed E-state index contributed by atoms with van der Waals surface area (Å²) in [6, 6.07) is 8.28. The molecule has 0 spiro atoms. The zero-order valence-electron chi connectivity index (χ0n) is 18.1. The van der Waals surface area contributed by atoms with E-state index in [1.54, 1.807) is 0 Å². The van der Waals surface area contributed by atoms with Gasteiger partial charge >= 0.3 is 0 Å². The second-order valence-electron chi connectivity index (χ2n) is 7.39. The standard InChI is InChI=1S/C21H34Cl2N2O6/c1-29-20-18(27)17(14-26)31-21(19(20)28)25(30-2)11-3-4-15-5-7-16(8-6-15)24(12-9-22)13-10-23/h5-8,17-21,26-28H,3-4,9-14H2,1-2H3/t17-,18-,19-,20+,21-/m1/s1. The minimum Gasteiger partial charge on any atom is -0.394 e. The molecule has 0 radical (unpaired) electrons. The number of aliphatic hydroxyl groups is 3. The molecule has 0 aliphatic carbocycles. The van der Waals surface area contributed by atoms with E-state index in [2.05, 4.69) is 29.2 Å². The number of aryl methyl sites for hydroxylation is 1. The first-order valence-electron chi connectivity index (χ1n) is 10.4. The number of anilines is 1. The molecule has 5 atom stereocenters. The van der Waals surface area contributed by atoms with Gasteiger partial charge in [-0.2, -0.15) is 5.06 Å². The van der Waals surface area contributed by atoms with Gasteiger partial charge in [-0.05, 0) is 30.5 Å². The maximum atomic E-state index is 10.6. The Morgan fingerprint density at radius 1 is 1.00 bits per heavy atom. The lowest BCUT2D eigenvalue weighted by atomic mass is 9.98. The van der Waals surface area contributed by atoms with Crippen molar-refractivity contribution >= 4 is 28.9 Å². The van der Waals surface area contributed by atoms with E-state index in [0.29, 0.717) is 18.3 Å². The maximum Gasteiger partial charge on any atom is 0.162 e. The molecule has 0 unspecified atom stereocenters. The number of hydrogen-bond donors (Lipinski definition) is 3. The van der Waals surface area contributed by atoms with E-state index in [4.69, 9.17) is 37.5 Å². The number of ether oxygens (including phenoxy) is 2. The topological polar surface area (TPSA) is 94.9 Å². The molecule has 1 aliphatic rings. The molecule has 1 aliphatic heterocycles. The number of halogens is 2. The SMILES string of the molecule is CO[C@@H]1[C@@H](O)[C@H](N(CCCc2ccc(N(CCCl)CCCl)cc2)OC)O[C@H](CO)[C@H]1O. The van der Waals surface area contributed by atoms with Crippen LogP contribution < -0.4 is 4.90 Å². The Kier molecular flexibility index (Phi) is 11.8. The van der Waals surface area contributed by atoms with Crippen molar-refractivity contribution in [3.05, 3.63) is 29.8 Å². The lowest BCUT2D eigenvalue weighted by molar-refractivity contribution is -0.330. The van der Waals surface area contributed by atoms with Crippen molar-refractivity contribution in [1.29, 1.82) is 0 Å². The molecule has 0 saturated carbocycles. The molecular formula is C21H34Cl2N2O6. The van der Waals surface area contributed by atoms with Crippen molar-refractivity contribution in [3.8, 4) is 0 Å². The fourth-order valence-electron chi connectivity index (χ4n) is 3.79. The average molecular weight is 481 g/mol. The third-order valence-corrected chi connectivity index (χ3v) is 5.82. The molecule has 8 nitrogen and oxygen atoms in total. The van der Waals surface area contributed by atoms with E-state index in [1.165, 1.54) is 24.8 Å². The lowest BCUT2D eigenvalue weighted by Crippen LogP contribution is -2.63. The van der Waals surface area contributed by atoms with Crippen molar-refractivity contribution in [2.75, 3.05) is 57.1 Å². The van der Waals surface area contributed by atoms with Crippen LogP contribution in [0.1, 0.15) is 12.0 Å². The first-order chi connectivity index (χ1) is 15.0. The van der Waals surface area contributed by atoms with Crippen LogP contribution in [0.5, 0.6) is 0 Å². The van der Waals surface area contributed by atoms with Crippen LogP contribution in [0.4, 0.5) is 5.69 Å². The molecule has 0 amide bonds. The fraction of sp³-hybridized carbons (Fsp3) is 0.714. The molecule has 1 saturated heterocycles. The average Bonchev–Trinajstić information content (AvgIpc) is 2.78. The zero-order chi connectivity index (χ0) is 22.8. The van der Waals surface area contributed by atoms with E-state index in [9.17, 15) is 15.3 Å². The second-order valence-corrected chi connectivity index (χ2v) is 8.14. The van der Waals surface area contributed by atoms with Crippen molar-refractivity contribution in [3.63, 3.8) is 0 Å². The molecule has 1 fully saturated rings. The van der Waals surface area contributed by atoms with E-state index in [1.807, 2.05) is 0 Å². The van der Waals surface area contributed by atoms with Crippen LogP contribution in [0, 0.1) is 0 Å². The summed E-state index contributed by atoms with van der Waals surface area (Å²) in [5, 5.41) is 31.7. The van der Waals surface area contributed by atoms with Crippen LogP contribution in [-0.2, 0) is 20.7 Å². The fourth-order valence-corrected chi connectivity index (χ4v) is 4.20. The van der Waals surface area contributed by atoms with Gasteiger partial charge in [0.15, 0.2) is 6.23 Å². The Labute approximate surface area is 194 Å². The molecule has 1 aromatic carbocycles. The third-order valence-electron chi connectivity index (χ3n) is 5.49. The number of rotatable bonds is 13. The number of hydroxylamine groups is 2. The normalized spacial score (nSPS) is 26.4. The van der Waals surface area contributed by atoms with Gasteiger partial charge in [0.25, 0.3) is 0 Å². The highest BCUT2D eigenvalue weighted by molar-refractivity contribution is 6.18. The number of benzene rings is 1. The predicted molar refractivity (Wildman–Crippen MR) is 121 cm³/mol. The van der Waals surface area contributed by atoms with Gasteiger partial charge in [0.1, 0.15) is 24.4 Å². The van der Waals surface area contributed by atoms with Crippen molar-refractivity contribution in [2.24, 2.45) is 0 Å². The van der Waals surface area contributed by atoms with Gasteiger partial charge < -0.3 is 29.7 Å². The highest BCUT2D eigenvalue weighted by Crippen LogP contribution is 2.26. The molecule has 0 aromatic heterocycles. The summed E-state index contributed by atoms with van der Waals surface area (Å²) in [5.74, 6) is 1.08. The molecule has 1 heterocycles. The monoisotopic (exact) mass is 480 g/mol. The van der Waals surface area contributed by atoms with Gasteiger partial charge in [-0.1, -0.05) is 12.1 Å². The number of hydrogen-bond acceptors (Lipinski definition) is 8. The van der Waals surface area contributed by atoms with Gasteiger partial charge in [-0.25, -0.2) is 0 Å². The molecule has 178 valence electrons. The lowest BCUT2D eigenvalue weighted by Gasteiger charge is -2.44. The molecule has 3 N–H and O–H groups in total. The summed E-state index contributed by atoms with van der Waals surface area (Å²) >= 11 is 11.8. The van der Waals surface area contributed by atoms with Gasteiger partial charge in [-0.3, -0.25) is 4.84 Å². The molecular weight excluding hydrogens is 447 g/mol. The summed E-state index contributed by atoms with van der Waals surface area (Å²) in [6.07, 6.45) is -3.33. The quantitative estimate of drug-likeness (QED) is 0.286. The maximum absolute atomic E-state index is 10.6. The summed E-state index contributed by atoms with van der Waals surface area (Å²) < 4.78 is 10.9. The van der Waals surface area contributed by atoms with E-state index < -0.39 is 37.3 Å². The predicted octanol–water partition coefficient (Wildman–Crippen LogP) is 1.22. The highest BCUT2D eigenvalue weighted by atomic mass is 35.5. The molecule has 1 aromatic rings. The van der Waals surface area contributed by atoms with Crippen LogP contribution in [0.3, 0.4) is 0 Å². The molecule has 31 heavy (non-hydrogen) atoms. The van der Waals surface area contributed by atoms with E-state index >= 15 is 0 Å². The van der Waals surface area contributed by atoms with Gasteiger partial charge in [0, 0.05) is 44.2 Å². The Bertz CT molecular complexity index is 620. The minimum absolute atomic E-state index is 0.390. The van der Waals surface area contributed by atoms with Crippen molar-refractivity contribution in [1.82, 2.24) is 5.06 Å². The van der Waals surface area contributed by atoms with Gasteiger partial charge in [0.05, 0.1) is 13.7 Å². The minimum atomic E-state index is -1.13. The van der Waals surface area contributed by atoms with Gasteiger partial charge in [-0.15, -0.1) is 23.2 Å². The van der Waals surface area contributed by atoms with E-state index in [-0.39, 0.29) is 0 Å². The first-order valence-corrected chi connectivity index (χ1v) is 11.5.